The Kier molecular flexibility index (Phi) is 6.89. The second-order valence-corrected chi connectivity index (χ2v) is 8.15. The van der Waals surface area contributed by atoms with Crippen LogP contribution in [0.25, 0.3) is 5.76 Å². The number of anilines is 1. The number of carbonyl (C=O) groups is 3. The zero-order valence-corrected chi connectivity index (χ0v) is 19.8. The number of halogens is 1. The first-order valence-corrected chi connectivity index (χ1v) is 11.2. The molecule has 4 rings (SSSR count). The van der Waals surface area contributed by atoms with Gasteiger partial charge in [-0.25, -0.2) is 4.79 Å². The van der Waals surface area contributed by atoms with Crippen LogP contribution in [0.3, 0.4) is 0 Å². The number of hydrogen-bond acceptors (Lipinski definition) is 6. The molecule has 3 aromatic carbocycles. The molecule has 1 amide bonds. The van der Waals surface area contributed by atoms with Gasteiger partial charge in [-0.3, -0.25) is 14.5 Å². The lowest BCUT2D eigenvalue weighted by Crippen LogP contribution is -2.29. The van der Waals surface area contributed by atoms with Gasteiger partial charge in [0.15, 0.2) is 0 Å². The van der Waals surface area contributed by atoms with E-state index in [0.29, 0.717) is 33.1 Å². The van der Waals surface area contributed by atoms with Crippen molar-refractivity contribution < 1.29 is 29.0 Å². The molecule has 1 heterocycles. The Hall–Kier alpha value is -4.10. The number of ether oxygens (including phenoxy) is 2. The Balaban J connectivity index is 1.84. The predicted molar refractivity (Wildman–Crippen MR) is 132 cm³/mol. The summed E-state index contributed by atoms with van der Waals surface area (Å²) >= 11 is 6.06. The van der Waals surface area contributed by atoms with Crippen LogP contribution in [-0.2, 0) is 14.3 Å². The molecule has 1 aliphatic rings. The number of nitrogens with zero attached hydrogens (tertiary/aromatic N) is 1. The predicted octanol–water partition coefficient (Wildman–Crippen LogP) is 5.15. The molecule has 7 nitrogen and oxygen atoms in total. The minimum Gasteiger partial charge on any atom is -0.507 e. The zero-order valence-electron chi connectivity index (χ0n) is 19.0. The first kappa shape index (κ1) is 24.0. The summed E-state index contributed by atoms with van der Waals surface area (Å²) in [6.07, 6.45) is 0. The number of amides is 1. The van der Waals surface area contributed by atoms with Crippen molar-refractivity contribution in [1.82, 2.24) is 0 Å². The number of aliphatic hydroxyl groups is 1. The van der Waals surface area contributed by atoms with Crippen molar-refractivity contribution in [3.63, 3.8) is 0 Å². The van der Waals surface area contributed by atoms with Crippen molar-refractivity contribution >= 4 is 40.7 Å². The molecule has 35 heavy (non-hydrogen) atoms. The number of methoxy groups -OCH3 is 1. The van der Waals surface area contributed by atoms with E-state index >= 15 is 0 Å². The van der Waals surface area contributed by atoms with Crippen LogP contribution in [0.1, 0.15) is 34.5 Å². The lowest BCUT2D eigenvalue weighted by molar-refractivity contribution is -0.132. The third-order valence-electron chi connectivity index (χ3n) is 5.65. The van der Waals surface area contributed by atoms with Crippen LogP contribution in [0.15, 0.2) is 78.4 Å². The molecule has 0 aromatic heterocycles. The highest BCUT2D eigenvalue weighted by Gasteiger charge is 2.47. The smallest absolute Gasteiger partial charge is 0.338 e. The summed E-state index contributed by atoms with van der Waals surface area (Å²) < 4.78 is 10.2. The van der Waals surface area contributed by atoms with E-state index in [0.717, 1.165) is 0 Å². The molecular formula is C27H22ClNO6. The molecule has 0 bridgehead atoms. The quantitative estimate of drug-likeness (QED) is 0.222. The summed E-state index contributed by atoms with van der Waals surface area (Å²) in [5.41, 5.74) is 1.58. The van der Waals surface area contributed by atoms with Crippen LogP contribution in [0, 0.1) is 0 Å². The summed E-state index contributed by atoms with van der Waals surface area (Å²) in [6.45, 7) is 1.94. The summed E-state index contributed by atoms with van der Waals surface area (Å²) in [4.78, 5) is 39.8. The van der Waals surface area contributed by atoms with Crippen LogP contribution in [0.2, 0.25) is 5.02 Å². The topological polar surface area (TPSA) is 93.1 Å². The van der Waals surface area contributed by atoms with Gasteiger partial charge in [-0.1, -0.05) is 23.7 Å². The number of hydrogen-bond donors (Lipinski definition) is 1. The fourth-order valence-electron chi connectivity index (χ4n) is 3.94. The number of carbonyl (C=O) groups excluding carboxylic acids is 3. The molecule has 0 aliphatic carbocycles. The Morgan fingerprint density at radius 2 is 1.54 bits per heavy atom. The lowest BCUT2D eigenvalue weighted by atomic mass is 9.95. The van der Waals surface area contributed by atoms with E-state index < -0.39 is 23.7 Å². The second-order valence-electron chi connectivity index (χ2n) is 7.72. The molecule has 178 valence electrons. The molecule has 8 heteroatoms. The van der Waals surface area contributed by atoms with E-state index in [2.05, 4.69) is 0 Å². The van der Waals surface area contributed by atoms with Gasteiger partial charge in [0.2, 0.25) is 0 Å². The molecular weight excluding hydrogens is 470 g/mol. The zero-order chi connectivity index (χ0) is 25.1. The average molecular weight is 492 g/mol. The van der Waals surface area contributed by atoms with Gasteiger partial charge in [0.05, 0.1) is 30.9 Å². The largest absolute Gasteiger partial charge is 0.507 e. The number of benzene rings is 3. The Morgan fingerprint density at radius 3 is 2.11 bits per heavy atom. The number of Topliss-reactive ketones (excluding diaryl/α,β-unsaturated/α-hetero) is 1. The monoisotopic (exact) mass is 491 g/mol. The van der Waals surface area contributed by atoms with Gasteiger partial charge >= 0.3 is 5.97 Å². The van der Waals surface area contributed by atoms with Crippen molar-refractivity contribution in [2.24, 2.45) is 0 Å². The molecule has 1 aliphatic heterocycles. The fraction of sp³-hybridized carbons (Fsp3) is 0.148. The molecule has 0 saturated carbocycles. The van der Waals surface area contributed by atoms with Gasteiger partial charge in [0.25, 0.3) is 11.7 Å². The van der Waals surface area contributed by atoms with Crippen molar-refractivity contribution in [3.8, 4) is 5.75 Å². The maximum absolute atomic E-state index is 13.2. The highest BCUT2D eigenvalue weighted by atomic mass is 35.5. The molecule has 0 radical (unpaired) electrons. The number of aliphatic hydroxyl groups excluding tert-OH is 1. The SMILES string of the molecule is CCOC(=O)c1ccc(N2C(=O)C(=O)C(=C(O)c3ccc(OC)cc3)[C@H]2c2ccc(Cl)cc2)cc1. The standard InChI is InChI=1S/C27H22ClNO6/c1-3-35-27(33)18-6-12-20(13-7-18)29-23(16-4-10-19(28)11-5-16)22(25(31)26(29)32)24(30)17-8-14-21(34-2)15-9-17/h4-15,23,30H,3H2,1-2H3/t23-/m1/s1. The van der Waals surface area contributed by atoms with E-state index in [-0.39, 0.29) is 17.9 Å². The second kappa shape index (κ2) is 10.0. The highest BCUT2D eigenvalue weighted by molar-refractivity contribution is 6.51. The maximum atomic E-state index is 13.2. The Bertz CT molecular complexity index is 1300. The third kappa shape index (κ3) is 4.63. The van der Waals surface area contributed by atoms with Gasteiger partial charge in [0, 0.05) is 16.3 Å². The summed E-state index contributed by atoms with van der Waals surface area (Å²) in [7, 11) is 1.52. The molecule has 1 atom stereocenters. The lowest BCUT2D eigenvalue weighted by Gasteiger charge is -2.25. The molecule has 1 saturated heterocycles. The Labute approximate surface area is 207 Å². The van der Waals surface area contributed by atoms with Crippen LogP contribution < -0.4 is 9.64 Å². The molecule has 0 unspecified atom stereocenters. The van der Waals surface area contributed by atoms with E-state index in [9.17, 15) is 19.5 Å². The normalized spacial score (nSPS) is 16.9. The minimum atomic E-state index is -0.914. The highest BCUT2D eigenvalue weighted by Crippen LogP contribution is 2.42. The van der Waals surface area contributed by atoms with Gasteiger partial charge in [-0.15, -0.1) is 0 Å². The van der Waals surface area contributed by atoms with E-state index in [1.54, 1.807) is 67.6 Å². The first-order chi connectivity index (χ1) is 16.8. The van der Waals surface area contributed by atoms with Crippen LogP contribution in [0.4, 0.5) is 5.69 Å². The van der Waals surface area contributed by atoms with Crippen molar-refractivity contribution in [3.05, 3.63) is 100 Å². The number of rotatable bonds is 6. The summed E-state index contributed by atoms with van der Waals surface area (Å²) in [5.74, 6) is -1.85. The maximum Gasteiger partial charge on any atom is 0.338 e. The van der Waals surface area contributed by atoms with E-state index in [1.807, 2.05) is 0 Å². The Morgan fingerprint density at radius 1 is 0.943 bits per heavy atom. The van der Waals surface area contributed by atoms with Crippen molar-refractivity contribution in [2.45, 2.75) is 13.0 Å². The first-order valence-electron chi connectivity index (χ1n) is 10.8. The van der Waals surface area contributed by atoms with E-state index in [1.165, 1.54) is 24.1 Å². The third-order valence-corrected chi connectivity index (χ3v) is 5.90. The van der Waals surface area contributed by atoms with Crippen molar-refractivity contribution in [2.75, 3.05) is 18.6 Å². The van der Waals surface area contributed by atoms with Crippen molar-refractivity contribution in [1.29, 1.82) is 0 Å². The van der Waals surface area contributed by atoms with Crippen LogP contribution in [-0.4, -0.2) is 36.5 Å². The average Bonchev–Trinajstić information content (AvgIpc) is 3.14. The molecule has 1 N–H and O–H groups in total. The van der Waals surface area contributed by atoms with Gasteiger partial charge in [0.1, 0.15) is 11.5 Å². The number of esters is 1. The number of ketones is 1. The fourth-order valence-corrected chi connectivity index (χ4v) is 4.06. The van der Waals surface area contributed by atoms with E-state index in [4.69, 9.17) is 21.1 Å². The van der Waals surface area contributed by atoms with Gasteiger partial charge in [-0.2, -0.15) is 0 Å². The minimum absolute atomic E-state index is 0.0584. The van der Waals surface area contributed by atoms with Gasteiger partial charge in [-0.05, 0) is 73.2 Å². The van der Waals surface area contributed by atoms with Crippen LogP contribution in [0.5, 0.6) is 5.75 Å². The molecule has 0 spiro atoms. The summed E-state index contributed by atoms with van der Waals surface area (Å²) in [6, 6.07) is 18.5. The molecule has 1 fully saturated rings. The van der Waals surface area contributed by atoms with Gasteiger partial charge < -0.3 is 14.6 Å². The summed E-state index contributed by atoms with van der Waals surface area (Å²) in [5, 5.41) is 11.6. The van der Waals surface area contributed by atoms with Crippen LogP contribution >= 0.6 is 11.6 Å². The molecule has 3 aromatic rings.